The molecule has 0 radical (unpaired) electrons. The van der Waals surface area contributed by atoms with Crippen LogP contribution in [0.25, 0.3) is 22.0 Å². The number of hydrogen-bond donors (Lipinski definition) is 1. The molecule has 2 aromatic heterocycles. The molecule has 2 amide bonds. The molecule has 3 heterocycles. The summed E-state index contributed by atoms with van der Waals surface area (Å²) in [6.45, 7) is 6.72. The smallest absolute Gasteiger partial charge is 0.246 e. The van der Waals surface area contributed by atoms with Gasteiger partial charge < -0.3 is 14.8 Å². The number of likely N-dealkylation sites (tertiary alicyclic amines) is 1. The van der Waals surface area contributed by atoms with Crippen molar-refractivity contribution in [1.82, 2.24) is 24.8 Å². The van der Waals surface area contributed by atoms with E-state index in [1.807, 2.05) is 35.9 Å². The summed E-state index contributed by atoms with van der Waals surface area (Å²) in [5, 5.41) is 4.66. The molecule has 164 valence electrons. The maximum atomic E-state index is 12.8. The van der Waals surface area contributed by atoms with Crippen molar-refractivity contribution in [1.29, 1.82) is 0 Å². The van der Waals surface area contributed by atoms with Gasteiger partial charge in [-0.1, -0.05) is 18.2 Å². The Hall–Kier alpha value is -3.19. The van der Waals surface area contributed by atoms with Crippen LogP contribution in [0.5, 0.6) is 0 Å². The van der Waals surface area contributed by atoms with Crippen LogP contribution in [0.4, 0.5) is 0 Å². The fraction of sp³-hybridized carbons (Fsp3) is 0.333. The molecule has 7 nitrogen and oxygen atoms in total. The number of nitrogens with zero attached hydrogens (tertiary/aromatic N) is 4. The Labute approximate surface area is 191 Å². The number of benzene rings is 1. The zero-order chi connectivity index (χ0) is 22.4. The van der Waals surface area contributed by atoms with Crippen LogP contribution < -0.4 is 5.32 Å². The van der Waals surface area contributed by atoms with Gasteiger partial charge in [0.15, 0.2) is 0 Å². The number of aromatic nitrogens is 3. The van der Waals surface area contributed by atoms with Crippen molar-refractivity contribution >= 4 is 34.3 Å². The summed E-state index contributed by atoms with van der Waals surface area (Å²) in [5.74, 6) is 0.267. The minimum Gasteiger partial charge on any atom is -0.348 e. The maximum Gasteiger partial charge on any atom is 0.246 e. The second-order valence-electron chi connectivity index (χ2n) is 8.52. The van der Waals surface area contributed by atoms with Gasteiger partial charge in [0.25, 0.3) is 0 Å². The highest BCUT2D eigenvalue weighted by atomic mass is 35.5. The first-order valence-electron chi connectivity index (χ1n) is 10.8. The number of fused-ring (bicyclic) bond motifs is 1. The zero-order valence-corrected chi connectivity index (χ0v) is 18.6. The molecule has 8 heteroatoms. The molecule has 1 aromatic carbocycles. The maximum absolute atomic E-state index is 12.8. The first-order chi connectivity index (χ1) is 15.5. The summed E-state index contributed by atoms with van der Waals surface area (Å²) in [6, 6.07) is 5.71. The van der Waals surface area contributed by atoms with Crippen LogP contribution in [-0.2, 0) is 16.1 Å². The third-order valence-corrected chi connectivity index (χ3v) is 6.53. The number of rotatable bonds is 6. The van der Waals surface area contributed by atoms with Crippen LogP contribution >= 0.6 is 11.6 Å². The van der Waals surface area contributed by atoms with Gasteiger partial charge in [0.2, 0.25) is 11.8 Å². The molecule has 5 rings (SSSR count). The van der Waals surface area contributed by atoms with E-state index in [2.05, 4.69) is 21.9 Å². The summed E-state index contributed by atoms with van der Waals surface area (Å²) in [5.41, 5.74) is 5.03. The van der Waals surface area contributed by atoms with Gasteiger partial charge in [-0.05, 0) is 44.0 Å². The van der Waals surface area contributed by atoms with Gasteiger partial charge in [0, 0.05) is 58.0 Å². The Morgan fingerprint density at radius 2 is 2.09 bits per heavy atom. The van der Waals surface area contributed by atoms with E-state index in [1.54, 1.807) is 11.2 Å². The highest BCUT2D eigenvalue weighted by Gasteiger charge is 2.32. The van der Waals surface area contributed by atoms with E-state index in [9.17, 15) is 9.59 Å². The van der Waals surface area contributed by atoms with Crippen LogP contribution in [0.2, 0.25) is 5.02 Å². The van der Waals surface area contributed by atoms with E-state index < -0.39 is 0 Å². The lowest BCUT2D eigenvalue weighted by Gasteiger charge is -2.38. The van der Waals surface area contributed by atoms with E-state index in [1.165, 1.54) is 6.08 Å². The molecule has 2 fully saturated rings. The van der Waals surface area contributed by atoms with Crippen LogP contribution in [0.3, 0.4) is 0 Å². The second-order valence-corrected chi connectivity index (χ2v) is 8.95. The van der Waals surface area contributed by atoms with Crippen molar-refractivity contribution in [3.05, 3.63) is 59.8 Å². The highest BCUT2D eigenvalue weighted by molar-refractivity contribution is 6.31. The molecule has 32 heavy (non-hydrogen) atoms. The number of amides is 2. The Morgan fingerprint density at radius 1 is 1.31 bits per heavy atom. The minimum atomic E-state index is -0.110. The van der Waals surface area contributed by atoms with Crippen molar-refractivity contribution < 1.29 is 9.59 Å². The van der Waals surface area contributed by atoms with Crippen molar-refractivity contribution in [2.24, 2.45) is 0 Å². The van der Waals surface area contributed by atoms with E-state index in [0.717, 1.165) is 46.3 Å². The minimum absolute atomic E-state index is 0.0357. The number of hydrogen-bond acceptors (Lipinski definition) is 4. The van der Waals surface area contributed by atoms with Crippen molar-refractivity contribution in [2.45, 2.75) is 38.3 Å². The van der Waals surface area contributed by atoms with Gasteiger partial charge in [0.1, 0.15) is 12.9 Å². The first-order valence-corrected chi connectivity index (χ1v) is 11.1. The van der Waals surface area contributed by atoms with Gasteiger partial charge in [-0.15, -0.1) is 0 Å². The van der Waals surface area contributed by atoms with E-state index in [4.69, 9.17) is 11.6 Å². The molecular weight excluding hydrogens is 426 g/mol. The fourth-order valence-electron chi connectivity index (χ4n) is 4.51. The lowest BCUT2D eigenvalue weighted by molar-refractivity contribution is -0.133. The predicted molar refractivity (Wildman–Crippen MR) is 123 cm³/mol. The predicted octanol–water partition coefficient (Wildman–Crippen LogP) is 3.45. The molecule has 1 aliphatic heterocycles. The molecule has 1 saturated carbocycles. The average molecular weight is 450 g/mol. The summed E-state index contributed by atoms with van der Waals surface area (Å²) < 4.78 is 2.02. The molecule has 1 aliphatic carbocycles. The molecular formula is C24H24ClN5O2. The average Bonchev–Trinajstić information content (AvgIpc) is 3.56. The van der Waals surface area contributed by atoms with Gasteiger partial charge in [0.05, 0.1) is 11.7 Å². The van der Waals surface area contributed by atoms with E-state index in [-0.39, 0.29) is 24.4 Å². The number of halogens is 1. The molecule has 1 saturated heterocycles. The largest absolute Gasteiger partial charge is 0.348 e. The lowest BCUT2D eigenvalue weighted by atomic mass is 10.00. The molecule has 3 aromatic rings. The molecule has 2 aliphatic rings. The standard InChI is InChI=1S/C24H24ClN5O2/c1-3-22(32)29-10-17(11-29)28-21(31)12-30-14(2)23(18-8-16(25)6-7-20(18)30)19-9-26-13-27-24(19)15-4-5-15/h3,6-9,13,15,17H,1,4-5,10-12H2,2H3,(H,28,31). The third-order valence-electron chi connectivity index (χ3n) is 6.30. The first kappa shape index (κ1) is 20.7. The molecule has 1 N–H and O–H groups in total. The number of carbonyl (C=O) groups excluding carboxylic acids is 2. The molecule has 0 spiro atoms. The molecule has 0 unspecified atom stereocenters. The van der Waals surface area contributed by atoms with Crippen molar-refractivity contribution in [3.63, 3.8) is 0 Å². The summed E-state index contributed by atoms with van der Waals surface area (Å²) in [4.78, 5) is 35.0. The monoisotopic (exact) mass is 449 g/mol. The van der Waals surface area contributed by atoms with E-state index in [0.29, 0.717) is 24.0 Å². The van der Waals surface area contributed by atoms with Gasteiger partial charge in [-0.25, -0.2) is 9.97 Å². The lowest BCUT2D eigenvalue weighted by Crippen LogP contribution is -2.61. The van der Waals surface area contributed by atoms with Gasteiger partial charge >= 0.3 is 0 Å². The number of nitrogens with one attached hydrogen (secondary N) is 1. The summed E-state index contributed by atoms with van der Waals surface area (Å²) in [7, 11) is 0. The second kappa shape index (κ2) is 8.06. The molecule has 0 bridgehead atoms. The highest BCUT2D eigenvalue weighted by Crippen LogP contribution is 2.45. The van der Waals surface area contributed by atoms with Crippen LogP contribution in [-0.4, -0.2) is 50.4 Å². The number of carbonyl (C=O) groups is 2. The van der Waals surface area contributed by atoms with Gasteiger partial charge in [-0.2, -0.15) is 0 Å². The topological polar surface area (TPSA) is 80.1 Å². The normalized spacial score (nSPS) is 16.1. The van der Waals surface area contributed by atoms with Crippen LogP contribution in [0.1, 0.15) is 30.1 Å². The van der Waals surface area contributed by atoms with Crippen LogP contribution in [0.15, 0.2) is 43.4 Å². The quantitative estimate of drug-likeness (QED) is 0.584. The Kier molecular flexibility index (Phi) is 5.21. The zero-order valence-electron chi connectivity index (χ0n) is 17.8. The van der Waals surface area contributed by atoms with E-state index >= 15 is 0 Å². The Balaban J connectivity index is 1.46. The fourth-order valence-corrected chi connectivity index (χ4v) is 4.68. The van der Waals surface area contributed by atoms with Crippen molar-refractivity contribution in [2.75, 3.05) is 13.1 Å². The van der Waals surface area contributed by atoms with Crippen molar-refractivity contribution in [3.8, 4) is 11.1 Å². The SMILES string of the molecule is C=CC(=O)N1CC(NC(=O)Cn2c(C)c(-c3cncnc3C3CC3)c3cc(Cl)ccc32)C1. The summed E-state index contributed by atoms with van der Waals surface area (Å²) >= 11 is 6.35. The van der Waals surface area contributed by atoms with Crippen LogP contribution in [0, 0.1) is 6.92 Å². The molecule has 0 atom stereocenters. The third kappa shape index (κ3) is 3.66. The Morgan fingerprint density at radius 3 is 2.81 bits per heavy atom. The van der Waals surface area contributed by atoms with Gasteiger partial charge in [-0.3, -0.25) is 9.59 Å². The Bertz CT molecular complexity index is 1240. The summed E-state index contributed by atoms with van der Waals surface area (Å²) in [6.07, 6.45) is 7.04.